The van der Waals surface area contributed by atoms with Gasteiger partial charge in [0.1, 0.15) is 0 Å². The van der Waals surface area contributed by atoms with Crippen molar-refractivity contribution in [2.75, 3.05) is 13.1 Å². The van der Waals surface area contributed by atoms with Crippen LogP contribution in [0.2, 0.25) is 0 Å². The van der Waals surface area contributed by atoms with Crippen molar-refractivity contribution in [2.45, 2.75) is 64.0 Å². The summed E-state index contributed by atoms with van der Waals surface area (Å²) in [5.41, 5.74) is 5.77. The van der Waals surface area contributed by atoms with E-state index in [-0.39, 0.29) is 0 Å². The summed E-state index contributed by atoms with van der Waals surface area (Å²) in [4.78, 5) is 2.77. The van der Waals surface area contributed by atoms with Crippen molar-refractivity contribution in [1.82, 2.24) is 4.90 Å². The van der Waals surface area contributed by atoms with Crippen LogP contribution in [0.4, 0.5) is 0 Å². The van der Waals surface area contributed by atoms with Gasteiger partial charge in [-0.25, -0.2) is 0 Å². The van der Waals surface area contributed by atoms with Gasteiger partial charge in [0.15, 0.2) is 0 Å². The number of rotatable bonds is 2. The lowest BCUT2D eigenvalue weighted by atomic mass is 9.87. The summed E-state index contributed by atoms with van der Waals surface area (Å²) in [5.74, 6) is 0.792. The maximum atomic E-state index is 5.77. The normalized spacial score (nSPS) is 35.6. The molecule has 2 unspecified atom stereocenters. The third-order valence-corrected chi connectivity index (χ3v) is 4.41. The predicted molar refractivity (Wildman–Crippen MR) is 64.8 cm³/mol. The molecule has 1 saturated heterocycles. The van der Waals surface area contributed by atoms with E-state index >= 15 is 0 Å². The molecular formula is C13H26N2. The van der Waals surface area contributed by atoms with Gasteiger partial charge in [0.25, 0.3) is 0 Å². The molecule has 0 aromatic rings. The molecule has 0 aromatic heterocycles. The molecule has 2 heteroatoms. The lowest BCUT2D eigenvalue weighted by molar-refractivity contribution is 0.0605. The fourth-order valence-electron chi connectivity index (χ4n) is 3.46. The molecule has 2 fully saturated rings. The zero-order valence-electron chi connectivity index (χ0n) is 10.1. The van der Waals surface area contributed by atoms with Crippen LogP contribution in [0.1, 0.15) is 51.9 Å². The first-order valence-corrected chi connectivity index (χ1v) is 6.77. The van der Waals surface area contributed by atoms with E-state index < -0.39 is 0 Å². The van der Waals surface area contributed by atoms with Crippen LogP contribution in [0.25, 0.3) is 0 Å². The molecule has 15 heavy (non-hydrogen) atoms. The zero-order chi connectivity index (χ0) is 10.7. The van der Waals surface area contributed by atoms with E-state index in [9.17, 15) is 0 Å². The molecule has 2 aliphatic rings. The highest BCUT2D eigenvalue weighted by molar-refractivity contribution is 4.85. The Bertz CT molecular complexity index is 187. The van der Waals surface area contributed by atoms with E-state index in [1.807, 2.05) is 0 Å². The van der Waals surface area contributed by atoms with Gasteiger partial charge in [-0.2, -0.15) is 0 Å². The molecular weight excluding hydrogens is 184 g/mol. The van der Waals surface area contributed by atoms with Crippen LogP contribution in [0.5, 0.6) is 0 Å². The molecule has 0 aromatic carbocycles. The van der Waals surface area contributed by atoms with Crippen LogP contribution in [0.3, 0.4) is 0 Å². The predicted octanol–water partition coefficient (Wildman–Crippen LogP) is 2.38. The van der Waals surface area contributed by atoms with Crippen LogP contribution in [0.15, 0.2) is 0 Å². The van der Waals surface area contributed by atoms with Gasteiger partial charge in [-0.15, -0.1) is 0 Å². The molecule has 88 valence electrons. The van der Waals surface area contributed by atoms with Crippen LogP contribution >= 0.6 is 0 Å². The van der Waals surface area contributed by atoms with E-state index in [1.54, 1.807) is 0 Å². The van der Waals surface area contributed by atoms with E-state index in [1.165, 1.54) is 51.5 Å². The van der Waals surface area contributed by atoms with Crippen molar-refractivity contribution < 1.29 is 0 Å². The summed E-state index contributed by atoms with van der Waals surface area (Å²) in [6.07, 6.45) is 9.91. The van der Waals surface area contributed by atoms with Gasteiger partial charge in [-0.1, -0.05) is 19.3 Å². The van der Waals surface area contributed by atoms with Crippen LogP contribution in [-0.2, 0) is 0 Å². The number of nitrogens with zero attached hydrogens (tertiary/aromatic N) is 1. The summed E-state index contributed by atoms with van der Waals surface area (Å²) in [7, 11) is 0. The van der Waals surface area contributed by atoms with Crippen molar-refractivity contribution in [3.05, 3.63) is 0 Å². The topological polar surface area (TPSA) is 29.3 Å². The number of nitrogens with two attached hydrogens (primary N) is 1. The first-order valence-electron chi connectivity index (χ1n) is 6.77. The molecule has 2 N–H and O–H groups in total. The van der Waals surface area contributed by atoms with Crippen molar-refractivity contribution >= 4 is 0 Å². The quantitative estimate of drug-likeness (QED) is 0.758. The smallest absolute Gasteiger partial charge is 0.00980 e. The molecule has 1 aliphatic carbocycles. The maximum Gasteiger partial charge on any atom is 0.00980 e. The monoisotopic (exact) mass is 210 g/mol. The summed E-state index contributed by atoms with van der Waals surface area (Å²) in [5, 5.41) is 0. The summed E-state index contributed by atoms with van der Waals surface area (Å²) >= 11 is 0. The SMILES string of the molecule is CC1CC(CN)CCN1C1CCCCC1. The molecule has 0 spiro atoms. The summed E-state index contributed by atoms with van der Waals surface area (Å²) in [6, 6.07) is 1.67. The molecule has 0 amide bonds. The van der Waals surface area contributed by atoms with Gasteiger partial charge in [0.2, 0.25) is 0 Å². The Morgan fingerprint density at radius 2 is 1.87 bits per heavy atom. The first-order chi connectivity index (χ1) is 7.31. The summed E-state index contributed by atoms with van der Waals surface area (Å²) < 4.78 is 0. The first kappa shape index (κ1) is 11.4. The molecule has 1 saturated carbocycles. The van der Waals surface area contributed by atoms with Crippen LogP contribution in [-0.4, -0.2) is 30.1 Å². The van der Waals surface area contributed by atoms with E-state index in [0.717, 1.165) is 24.5 Å². The second-order valence-corrected chi connectivity index (χ2v) is 5.50. The minimum absolute atomic E-state index is 0.774. The van der Waals surface area contributed by atoms with Gasteiger partial charge in [0, 0.05) is 12.1 Å². The molecule has 1 aliphatic heterocycles. The Balaban J connectivity index is 1.87. The average molecular weight is 210 g/mol. The molecule has 2 nitrogen and oxygen atoms in total. The van der Waals surface area contributed by atoms with Gasteiger partial charge >= 0.3 is 0 Å². The third-order valence-electron chi connectivity index (χ3n) is 4.41. The highest BCUT2D eigenvalue weighted by atomic mass is 15.2. The lowest BCUT2D eigenvalue weighted by Crippen LogP contribution is -2.48. The second-order valence-electron chi connectivity index (χ2n) is 5.50. The average Bonchev–Trinajstić information content (AvgIpc) is 2.30. The Hall–Kier alpha value is -0.0800. The molecule has 2 atom stereocenters. The van der Waals surface area contributed by atoms with Crippen LogP contribution in [0, 0.1) is 5.92 Å². The van der Waals surface area contributed by atoms with Gasteiger partial charge in [-0.05, 0) is 51.6 Å². The van der Waals surface area contributed by atoms with Crippen molar-refractivity contribution in [3.8, 4) is 0 Å². The Morgan fingerprint density at radius 3 is 2.47 bits per heavy atom. The minimum atomic E-state index is 0.774. The second kappa shape index (κ2) is 5.31. The molecule has 1 heterocycles. The fraction of sp³-hybridized carbons (Fsp3) is 1.00. The Kier molecular flexibility index (Phi) is 4.04. The minimum Gasteiger partial charge on any atom is -0.330 e. The third kappa shape index (κ3) is 2.73. The fourth-order valence-corrected chi connectivity index (χ4v) is 3.46. The number of hydrogen-bond donors (Lipinski definition) is 1. The summed E-state index contributed by atoms with van der Waals surface area (Å²) in [6.45, 7) is 4.59. The Labute approximate surface area is 94.2 Å². The largest absolute Gasteiger partial charge is 0.330 e. The van der Waals surface area contributed by atoms with Crippen molar-refractivity contribution in [3.63, 3.8) is 0 Å². The lowest BCUT2D eigenvalue weighted by Gasteiger charge is -2.43. The molecule has 0 radical (unpaired) electrons. The zero-order valence-corrected chi connectivity index (χ0v) is 10.1. The van der Waals surface area contributed by atoms with Crippen molar-refractivity contribution in [2.24, 2.45) is 11.7 Å². The van der Waals surface area contributed by atoms with E-state index in [0.29, 0.717) is 0 Å². The van der Waals surface area contributed by atoms with E-state index in [2.05, 4.69) is 11.8 Å². The Morgan fingerprint density at radius 1 is 1.13 bits per heavy atom. The highest BCUT2D eigenvalue weighted by Gasteiger charge is 2.30. The van der Waals surface area contributed by atoms with Gasteiger partial charge < -0.3 is 5.73 Å². The van der Waals surface area contributed by atoms with Gasteiger partial charge in [-0.3, -0.25) is 4.90 Å². The number of likely N-dealkylation sites (tertiary alicyclic amines) is 1. The van der Waals surface area contributed by atoms with Gasteiger partial charge in [0.05, 0.1) is 0 Å². The van der Waals surface area contributed by atoms with Crippen molar-refractivity contribution in [1.29, 1.82) is 0 Å². The number of hydrogen-bond acceptors (Lipinski definition) is 2. The molecule has 2 rings (SSSR count). The highest BCUT2D eigenvalue weighted by Crippen LogP contribution is 2.30. The number of piperidine rings is 1. The molecule has 0 bridgehead atoms. The van der Waals surface area contributed by atoms with Crippen LogP contribution < -0.4 is 5.73 Å². The standard InChI is InChI=1S/C13H26N2/c1-11-9-12(10-14)7-8-15(11)13-5-3-2-4-6-13/h11-13H,2-10,14H2,1H3. The van der Waals surface area contributed by atoms with E-state index in [4.69, 9.17) is 5.73 Å². The maximum absolute atomic E-state index is 5.77.